The summed E-state index contributed by atoms with van der Waals surface area (Å²) in [6.45, 7) is 1.97. The van der Waals surface area contributed by atoms with Gasteiger partial charge in [0.15, 0.2) is 0 Å². The van der Waals surface area contributed by atoms with Gasteiger partial charge in [0, 0.05) is 9.14 Å². The standard InChI is InChI=1S/C10H8IN2/c1-7-10(6-12-13-7)8-3-2-4-9(11)5-8/h2-6H,1H3. The molecule has 0 saturated carbocycles. The van der Waals surface area contributed by atoms with Gasteiger partial charge in [-0.2, -0.15) is 10.5 Å². The fourth-order valence-electron chi connectivity index (χ4n) is 1.26. The maximum atomic E-state index is 3.97. The molecule has 2 rings (SSSR count). The maximum Gasteiger partial charge on any atom is 0.0693 e. The first-order valence-corrected chi connectivity index (χ1v) is 5.06. The number of hydrogen-bond donors (Lipinski definition) is 0. The van der Waals surface area contributed by atoms with Crippen LogP contribution in [0, 0.1) is 3.57 Å². The van der Waals surface area contributed by atoms with Gasteiger partial charge in [-0.25, -0.2) is 0 Å². The summed E-state index contributed by atoms with van der Waals surface area (Å²) >= 11 is 2.30. The molecule has 1 aromatic rings. The highest BCUT2D eigenvalue weighted by atomic mass is 127. The maximum absolute atomic E-state index is 3.97. The number of halogens is 1. The summed E-state index contributed by atoms with van der Waals surface area (Å²) in [5.41, 5.74) is 7.18. The molecule has 3 heteroatoms. The summed E-state index contributed by atoms with van der Waals surface area (Å²) in [6, 6.07) is 8.33. The van der Waals surface area contributed by atoms with Crippen LogP contribution in [0.1, 0.15) is 12.5 Å². The van der Waals surface area contributed by atoms with Gasteiger partial charge in [-0.3, -0.25) is 0 Å². The number of nitrogens with zero attached hydrogens (tertiary/aromatic N) is 2. The lowest BCUT2D eigenvalue weighted by Crippen LogP contribution is -1.92. The molecule has 0 atom stereocenters. The van der Waals surface area contributed by atoms with E-state index in [0.717, 1.165) is 11.3 Å². The van der Waals surface area contributed by atoms with Gasteiger partial charge in [0.05, 0.1) is 11.9 Å². The van der Waals surface area contributed by atoms with Crippen LogP contribution < -0.4 is 5.43 Å². The SMILES string of the molecule is CC1=N[N]C=C1c1cccc(I)c1. The lowest BCUT2D eigenvalue weighted by molar-refractivity contribution is 0.971. The highest BCUT2D eigenvalue weighted by molar-refractivity contribution is 14.1. The second kappa shape index (κ2) is 3.49. The van der Waals surface area contributed by atoms with Gasteiger partial charge in [-0.15, -0.1) is 0 Å². The third-order valence-electron chi connectivity index (χ3n) is 1.92. The summed E-state index contributed by atoms with van der Waals surface area (Å²) in [4.78, 5) is 0. The Kier molecular flexibility index (Phi) is 2.35. The molecule has 2 nitrogen and oxygen atoms in total. The monoisotopic (exact) mass is 283 g/mol. The van der Waals surface area contributed by atoms with Gasteiger partial charge in [0.2, 0.25) is 0 Å². The van der Waals surface area contributed by atoms with Crippen molar-refractivity contribution >= 4 is 33.9 Å². The van der Waals surface area contributed by atoms with Gasteiger partial charge >= 0.3 is 0 Å². The van der Waals surface area contributed by atoms with E-state index in [-0.39, 0.29) is 0 Å². The molecule has 0 aliphatic carbocycles. The molecule has 1 aromatic carbocycles. The molecule has 1 aliphatic heterocycles. The average Bonchev–Trinajstić information content (AvgIpc) is 2.51. The third-order valence-corrected chi connectivity index (χ3v) is 2.59. The zero-order valence-corrected chi connectivity index (χ0v) is 9.32. The van der Waals surface area contributed by atoms with E-state index >= 15 is 0 Å². The molecule has 1 aliphatic rings. The van der Waals surface area contributed by atoms with Crippen molar-refractivity contribution in [3.63, 3.8) is 0 Å². The van der Waals surface area contributed by atoms with E-state index < -0.39 is 0 Å². The molecule has 0 spiro atoms. The first kappa shape index (κ1) is 8.74. The molecule has 1 radical (unpaired) electrons. The largest absolute Gasteiger partial charge is 0.158 e. The number of benzene rings is 1. The van der Waals surface area contributed by atoms with Crippen LogP contribution >= 0.6 is 22.6 Å². The van der Waals surface area contributed by atoms with Crippen molar-refractivity contribution in [2.24, 2.45) is 5.10 Å². The molecule has 1 heterocycles. The smallest absolute Gasteiger partial charge is 0.0693 e. The molecule has 0 amide bonds. The Morgan fingerprint density at radius 2 is 2.15 bits per heavy atom. The average molecular weight is 283 g/mol. The van der Waals surface area contributed by atoms with E-state index in [0.29, 0.717) is 0 Å². The summed E-state index contributed by atoms with van der Waals surface area (Å²) in [5.74, 6) is 0. The van der Waals surface area contributed by atoms with Crippen LogP contribution in [0.3, 0.4) is 0 Å². The van der Waals surface area contributed by atoms with E-state index in [1.807, 2.05) is 13.0 Å². The lowest BCUT2D eigenvalue weighted by Gasteiger charge is -2.01. The number of allylic oxidation sites excluding steroid dienone is 1. The molecular weight excluding hydrogens is 275 g/mol. The number of rotatable bonds is 1. The Hall–Kier alpha value is -0.840. The Morgan fingerprint density at radius 1 is 1.31 bits per heavy atom. The van der Waals surface area contributed by atoms with Crippen molar-refractivity contribution < 1.29 is 0 Å². The summed E-state index contributed by atoms with van der Waals surface area (Å²) < 4.78 is 1.23. The molecule has 13 heavy (non-hydrogen) atoms. The Bertz CT molecular complexity index is 394. The summed E-state index contributed by atoms with van der Waals surface area (Å²) in [6.07, 6.45) is 1.81. The molecule has 0 saturated heterocycles. The van der Waals surface area contributed by atoms with Gasteiger partial charge in [-0.1, -0.05) is 12.1 Å². The van der Waals surface area contributed by atoms with Crippen molar-refractivity contribution in [3.8, 4) is 0 Å². The molecular formula is C10H8IN2. The zero-order chi connectivity index (χ0) is 9.26. The fourth-order valence-corrected chi connectivity index (χ4v) is 1.80. The molecule has 0 bridgehead atoms. The van der Waals surface area contributed by atoms with Gasteiger partial charge < -0.3 is 0 Å². The van der Waals surface area contributed by atoms with Crippen LogP contribution in [0.5, 0.6) is 0 Å². The lowest BCUT2D eigenvalue weighted by atomic mass is 10.0. The zero-order valence-electron chi connectivity index (χ0n) is 7.16. The minimum atomic E-state index is 0.988. The second-order valence-corrected chi connectivity index (χ2v) is 4.10. The van der Waals surface area contributed by atoms with Gasteiger partial charge in [0.1, 0.15) is 0 Å². The molecule has 0 aromatic heterocycles. The number of hydrogen-bond acceptors (Lipinski definition) is 1. The van der Waals surface area contributed by atoms with E-state index in [1.165, 1.54) is 9.13 Å². The second-order valence-electron chi connectivity index (χ2n) is 2.85. The predicted molar refractivity (Wildman–Crippen MR) is 62.4 cm³/mol. The van der Waals surface area contributed by atoms with Crippen LogP contribution in [0.25, 0.3) is 5.57 Å². The Balaban J connectivity index is 2.42. The minimum Gasteiger partial charge on any atom is -0.158 e. The van der Waals surface area contributed by atoms with E-state index in [1.54, 1.807) is 6.20 Å². The normalized spacial score (nSPS) is 14.9. The van der Waals surface area contributed by atoms with Crippen LogP contribution in [0.15, 0.2) is 35.6 Å². The van der Waals surface area contributed by atoms with Crippen molar-refractivity contribution in [2.45, 2.75) is 6.92 Å². The predicted octanol–water partition coefficient (Wildman–Crippen LogP) is 2.63. The van der Waals surface area contributed by atoms with Crippen LogP contribution in [0.4, 0.5) is 0 Å². The Morgan fingerprint density at radius 3 is 2.77 bits per heavy atom. The molecule has 65 valence electrons. The van der Waals surface area contributed by atoms with Gasteiger partial charge in [0.25, 0.3) is 0 Å². The quantitative estimate of drug-likeness (QED) is 0.708. The van der Waals surface area contributed by atoms with E-state index in [9.17, 15) is 0 Å². The van der Waals surface area contributed by atoms with E-state index in [2.05, 4.69) is 51.3 Å². The summed E-state index contributed by atoms with van der Waals surface area (Å²) in [5, 5.41) is 3.97. The topological polar surface area (TPSA) is 26.5 Å². The highest BCUT2D eigenvalue weighted by Crippen LogP contribution is 2.20. The van der Waals surface area contributed by atoms with Gasteiger partial charge in [-0.05, 0) is 47.2 Å². The van der Waals surface area contributed by atoms with Crippen molar-refractivity contribution in [1.29, 1.82) is 0 Å². The van der Waals surface area contributed by atoms with E-state index in [4.69, 9.17) is 0 Å². The third kappa shape index (κ3) is 1.75. The van der Waals surface area contributed by atoms with Crippen molar-refractivity contribution in [3.05, 3.63) is 39.6 Å². The molecule has 0 unspecified atom stereocenters. The first-order valence-electron chi connectivity index (χ1n) is 3.98. The van der Waals surface area contributed by atoms with Crippen molar-refractivity contribution in [1.82, 2.24) is 5.43 Å². The molecule has 0 fully saturated rings. The highest BCUT2D eigenvalue weighted by Gasteiger charge is 2.10. The molecule has 0 N–H and O–H groups in total. The summed E-state index contributed by atoms with van der Waals surface area (Å²) in [7, 11) is 0. The van der Waals surface area contributed by atoms with Crippen LogP contribution in [-0.4, -0.2) is 5.71 Å². The van der Waals surface area contributed by atoms with Crippen molar-refractivity contribution in [2.75, 3.05) is 0 Å². The minimum absolute atomic E-state index is 0.988. The van der Waals surface area contributed by atoms with Crippen LogP contribution in [-0.2, 0) is 0 Å². The van der Waals surface area contributed by atoms with Crippen LogP contribution in [0.2, 0.25) is 0 Å². The first-order chi connectivity index (χ1) is 6.27. The Labute approximate surface area is 90.9 Å². The fraction of sp³-hybridized carbons (Fsp3) is 0.100.